The fraction of sp³-hybridized carbons (Fsp3) is 0.125. The van der Waals surface area contributed by atoms with Crippen LogP contribution in [0.3, 0.4) is 0 Å². The Kier molecular flexibility index (Phi) is 4.55. The number of fused-ring (bicyclic) bond motifs is 2. The quantitative estimate of drug-likeness (QED) is 0.511. The number of carbonyl (C=O) groups excluding carboxylic acids is 1. The summed E-state index contributed by atoms with van der Waals surface area (Å²) >= 11 is 3.19. The number of hydrogen-bond donors (Lipinski definition) is 1. The highest BCUT2D eigenvalue weighted by atomic mass is 79.9. The predicted octanol–water partition coefficient (Wildman–Crippen LogP) is 2.17. The van der Waals surface area contributed by atoms with Gasteiger partial charge in [0.25, 0.3) is 12.0 Å². The Hall–Kier alpha value is -3.28. The molecule has 12 heteroatoms. The van der Waals surface area contributed by atoms with E-state index in [0.717, 1.165) is 0 Å². The van der Waals surface area contributed by atoms with Gasteiger partial charge < -0.3 is 5.32 Å². The van der Waals surface area contributed by atoms with E-state index in [1.54, 1.807) is 12.1 Å². The number of benzene rings is 1. The summed E-state index contributed by atoms with van der Waals surface area (Å²) in [6.07, 6.45) is -1.56. The van der Waals surface area contributed by atoms with Crippen LogP contribution < -0.4 is 10.9 Å². The molecule has 142 valence electrons. The van der Waals surface area contributed by atoms with Crippen molar-refractivity contribution in [2.75, 3.05) is 5.32 Å². The summed E-state index contributed by atoms with van der Waals surface area (Å²) in [6.45, 7) is -0.549. The number of alkyl halides is 2. The van der Waals surface area contributed by atoms with E-state index in [0.29, 0.717) is 14.8 Å². The molecule has 0 atom stereocenters. The molecule has 0 bridgehead atoms. The lowest BCUT2D eigenvalue weighted by molar-refractivity contribution is -0.117. The average molecular weight is 450 g/mol. The van der Waals surface area contributed by atoms with E-state index in [4.69, 9.17) is 0 Å². The van der Waals surface area contributed by atoms with Crippen molar-refractivity contribution in [1.29, 1.82) is 0 Å². The van der Waals surface area contributed by atoms with Crippen LogP contribution in [0.1, 0.15) is 12.1 Å². The van der Waals surface area contributed by atoms with Crippen molar-refractivity contribution in [2.24, 2.45) is 0 Å². The molecule has 3 aromatic heterocycles. The predicted molar refractivity (Wildman–Crippen MR) is 98.1 cm³/mol. The van der Waals surface area contributed by atoms with E-state index >= 15 is 0 Å². The third kappa shape index (κ3) is 3.33. The number of carbonyl (C=O) groups is 1. The standard InChI is InChI=1S/C16H10BrF2N7O2/c17-8-1-2-9-10(5-8)14(15(18)19)24-25(16(9)28)6-13(27)21-11-3-4-12-22-20-7-26(12)23-11/h1-5,7,15H,6H2,(H,21,23,27). The van der Waals surface area contributed by atoms with Gasteiger partial charge in [0.15, 0.2) is 11.5 Å². The van der Waals surface area contributed by atoms with Crippen LogP contribution in [0.15, 0.2) is 45.9 Å². The smallest absolute Gasteiger partial charge is 0.282 e. The monoisotopic (exact) mass is 449 g/mol. The molecule has 1 aromatic carbocycles. The minimum absolute atomic E-state index is 0.0331. The number of amides is 1. The van der Waals surface area contributed by atoms with E-state index in [2.05, 4.69) is 41.6 Å². The number of hydrogen-bond acceptors (Lipinski definition) is 6. The highest BCUT2D eigenvalue weighted by Gasteiger charge is 2.19. The zero-order valence-electron chi connectivity index (χ0n) is 13.9. The molecule has 9 nitrogen and oxygen atoms in total. The van der Waals surface area contributed by atoms with Crippen LogP contribution in [0.5, 0.6) is 0 Å². The Morgan fingerprint density at radius 2 is 2.00 bits per heavy atom. The van der Waals surface area contributed by atoms with Crippen molar-refractivity contribution in [3.63, 3.8) is 0 Å². The van der Waals surface area contributed by atoms with Gasteiger partial charge >= 0.3 is 0 Å². The summed E-state index contributed by atoms with van der Waals surface area (Å²) < 4.78 is 29.4. The van der Waals surface area contributed by atoms with E-state index < -0.39 is 30.1 Å². The van der Waals surface area contributed by atoms with Crippen molar-refractivity contribution in [3.05, 3.63) is 57.2 Å². The van der Waals surface area contributed by atoms with E-state index in [-0.39, 0.29) is 16.6 Å². The molecule has 0 aliphatic rings. The highest BCUT2D eigenvalue weighted by molar-refractivity contribution is 9.10. The van der Waals surface area contributed by atoms with Gasteiger partial charge in [0, 0.05) is 9.86 Å². The molecule has 0 saturated carbocycles. The number of anilines is 1. The summed E-state index contributed by atoms with van der Waals surface area (Å²) in [5.74, 6) is -0.463. The number of halogens is 3. The molecule has 3 heterocycles. The Labute approximate surface area is 163 Å². The van der Waals surface area contributed by atoms with Crippen molar-refractivity contribution in [3.8, 4) is 0 Å². The molecule has 0 fully saturated rings. The van der Waals surface area contributed by atoms with Gasteiger partial charge in [-0.25, -0.2) is 13.5 Å². The molecule has 4 rings (SSSR count). The third-order valence-electron chi connectivity index (χ3n) is 3.88. The van der Waals surface area contributed by atoms with Crippen LogP contribution in [0.4, 0.5) is 14.6 Å². The topological polar surface area (TPSA) is 107 Å². The first-order chi connectivity index (χ1) is 13.4. The largest absolute Gasteiger partial charge is 0.308 e. The molecule has 28 heavy (non-hydrogen) atoms. The normalized spacial score (nSPS) is 11.4. The molecule has 1 amide bonds. The second kappa shape index (κ2) is 7.03. The number of rotatable bonds is 4. The SMILES string of the molecule is O=C(Cn1nc(C(F)F)c2cc(Br)ccc2c1=O)Nc1ccc2nncn2n1. The minimum atomic E-state index is -2.91. The molecule has 4 aromatic rings. The highest BCUT2D eigenvalue weighted by Crippen LogP contribution is 2.26. The number of nitrogens with zero attached hydrogens (tertiary/aromatic N) is 6. The molecular weight excluding hydrogens is 440 g/mol. The van der Waals surface area contributed by atoms with Crippen molar-refractivity contribution < 1.29 is 13.6 Å². The third-order valence-corrected chi connectivity index (χ3v) is 4.37. The van der Waals surface area contributed by atoms with Gasteiger partial charge in [0.2, 0.25) is 5.91 Å². The van der Waals surface area contributed by atoms with Crippen molar-refractivity contribution >= 4 is 44.1 Å². The van der Waals surface area contributed by atoms with Crippen LogP contribution in [0, 0.1) is 0 Å². The first-order valence-electron chi connectivity index (χ1n) is 7.88. The Bertz CT molecular complexity index is 1270. The maximum absolute atomic E-state index is 13.4. The van der Waals surface area contributed by atoms with Gasteiger partial charge in [-0.2, -0.15) is 9.61 Å². The van der Waals surface area contributed by atoms with Gasteiger partial charge in [-0.1, -0.05) is 15.9 Å². The number of aromatic nitrogens is 6. The van der Waals surface area contributed by atoms with Gasteiger partial charge in [-0.05, 0) is 30.3 Å². The van der Waals surface area contributed by atoms with Crippen LogP contribution in [0.25, 0.3) is 16.4 Å². The first-order valence-corrected chi connectivity index (χ1v) is 8.67. The molecule has 0 unspecified atom stereocenters. The Morgan fingerprint density at radius 1 is 1.18 bits per heavy atom. The van der Waals surface area contributed by atoms with Gasteiger partial charge in [-0.3, -0.25) is 9.59 Å². The Morgan fingerprint density at radius 3 is 2.79 bits per heavy atom. The average Bonchev–Trinajstić information content (AvgIpc) is 3.11. The first kappa shape index (κ1) is 18.1. The second-order valence-corrected chi connectivity index (χ2v) is 6.65. The molecular formula is C16H10BrF2N7O2. The van der Waals surface area contributed by atoms with Crippen molar-refractivity contribution in [2.45, 2.75) is 13.0 Å². The lowest BCUT2D eigenvalue weighted by atomic mass is 10.1. The summed E-state index contributed by atoms with van der Waals surface area (Å²) in [7, 11) is 0. The minimum Gasteiger partial charge on any atom is -0.308 e. The van der Waals surface area contributed by atoms with Crippen LogP contribution >= 0.6 is 15.9 Å². The van der Waals surface area contributed by atoms with Crippen LogP contribution in [0.2, 0.25) is 0 Å². The summed E-state index contributed by atoms with van der Waals surface area (Å²) in [6, 6.07) is 7.45. The molecule has 0 saturated heterocycles. The lowest BCUT2D eigenvalue weighted by Crippen LogP contribution is -2.31. The van der Waals surface area contributed by atoms with Crippen LogP contribution in [-0.2, 0) is 11.3 Å². The van der Waals surface area contributed by atoms with E-state index in [1.165, 1.54) is 29.0 Å². The maximum atomic E-state index is 13.4. The molecule has 0 aliphatic carbocycles. The second-order valence-electron chi connectivity index (χ2n) is 5.74. The molecule has 0 spiro atoms. The van der Waals surface area contributed by atoms with E-state index in [1.807, 2.05) is 0 Å². The fourth-order valence-corrected chi connectivity index (χ4v) is 3.03. The van der Waals surface area contributed by atoms with E-state index in [9.17, 15) is 18.4 Å². The zero-order chi connectivity index (χ0) is 19.8. The summed E-state index contributed by atoms with van der Waals surface area (Å²) in [4.78, 5) is 24.9. The zero-order valence-corrected chi connectivity index (χ0v) is 15.5. The Balaban J connectivity index is 1.66. The number of nitrogens with one attached hydrogen (secondary N) is 1. The van der Waals surface area contributed by atoms with Crippen molar-refractivity contribution in [1.82, 2.24) is 29.6 Å². The summed E-state index contributed by atoms with van der Waals surface area (Å²) in [5, 5.41) is 17.8. The van der Waals surface area contributed by atoms with Crippen LogP contribution in [-0.4, -0.2) is 35.5 Å². The molecule has 1 N–H and O–H groups in total. The lowest BCUT2D eigenvalue weighted by Gasteiger charge is -2.11. The summed E-state index contributed by atoms with van der Waals surface area (Å²) in [5.41, 5.74) is -0.741. The fourth-order valence-electron chi connectivity index (χ4n) is 2.67. The molecule has 0 radical (unpaired) electrons. The van der Waals surface area contributed by atoms with Gasteiger partial charge in [0.05, 0.1) is 5.39 Å². The van der Waals surface area contributed by atoms with Gasteiger partial charge in [0.1, 0.15) is 18.6 Å². The van der Waals surface area contributed by atoms with Gasteiger partial charge in [-0.15, -0.1) is 15.3 Å². The molecule has 0 aliphatic heterocycles. The maximum Gasteiger partial charge on any atom is 0.282 e.